The molecule has 0 heterocycles. The first-order chi connectivity index (χ1) is 7.27. The van der Waals surface area contributed by atoms with Crippen molar-refractivity contribution in [2.45, 2.75) is 69.9 Å². The third-order valence-corrected chi connectivity index (χ3v) is 4.20. The van der Waals surface area contributed by atoms with Crippen molar-refractivity contribution in [2.75, 3.05) is 7.05 Å². The summed E-state index contributed by atoms with van der Waals surface area (Å²) >= 11 is 0. The van der Waals surface area contributed by atoms with Crippen LogP contribution in [0, 0.1) is 0 Å². The molecule has 2 saturated carbocycles. The molecule has 0 aromatic rings. The van der Waals surface area contributed by atoms with Crippen LogP contribution in [0.25, 0.3) is 0 Å². The molecule has 86 valence electrons. The number of carbonyl (C=O) groups excluding carboxylic acids is 1. The zero-order valence-electron chi connectivity index (χ0n) is 9.87. The number of hydrogen-bond donors (Lipinski definition) is 0. The smallest absolute Gasteiger partial charge is 0.134 e. The number of hydrogen-bond acceptors (Lipinski definition) is 2. The van der Waals surface area contributed by atoms with Crippen LogP contribution in [0.1, 0.15) is 57.8 Å². The Kier molecular flexibility index (Phi) is 3.79. The maximum Gasteiger partial charge on any atom is 0.134 e. The van der Waals surface area contributed by atoms with E-state index in [1.807, 2.05) is 0 Å². The van der Waals surface area contributed by atoms with Crippen LogP contribution in [0.5, 0.6) is 0 Å². The number of carbonyl (C=O) groups is 1. The first-order valence-corrected chi connectivity index (χ1v) is 6.51. The van der Waals surface area contributed by atoms with Crippen molar-refractivity contribution in [3.05, 3.63) is 0 Å². The van der Waals surface area contributed by atoms with Crippen LogP contribution in [0.4, 0.5) is 0 Å². The summed E-state index contributed by atoms with van der Waals surface area (Å²) in [4.78, 5) is 13.8. The van der Waals surface area contributed by atoms with Crippen molar-refractivity contribution >= 4 is 5.78 Å². The monoisotopic (exact) mass is 209 g/mol. The van der Waals surface area contributed by atoms with Gasteiger partial charge in [-0.25, -0.2) is 0 Å². The Balaban J connectivity index is 1.88. The van der Waals surface area contributed by atoms with Gasteiger partial charge in [-0.2, -0.15) is 0 Å². The highest BCUT2D eigenvalue weighted by Gasteiger charge is 2.29. The zero-order chi connectivity index (χ0) is 10.7. The minimum absolute atomic E-state index is 0.473. The molecule has 0 N–H and O–H groups in total. The number of ketones is 1. The van der Waals surface area contributed by atoms with E-state index in [-0.39, 0.29) is 0 Å². The van der Waals surface area contributed by atoms with Gasteiger partial charge < -0.3 is 4.90 Å². The highest BCUT2D eigenvalue weighted by molar-refractivity contribution is 5.81. The molecule has 0 aliphatic heterocycles. The molecule has 0 radical (unpaired) electrons. The minimum Gasteiger partial charge on any atom is -0.300 e. The van der Waals surface area contributed by atoms with Crippen LogP contribution in [0.3, 0.4) is 0 Å². The molecule has 2 aliphatic rings. The Morgan fingerprint density at radius 1 is 1.00 bits per heavy atom. The van der Waals surface area contributed by atoms with Crippen molar-refractivity contribution in [3.63, 3.8) is 0 Å². The fraction of sp³-hybridized carbons (Fsp3) is 0.923. The molecule has 2 aliphatic carbocycles. The van der Waals surface area contributed by atoms with Crippen LogP contribution >= 0.6 is 0 Å². The second kappa shape index (κ2) is 5.11. The molecule has 1 atom stereocenters. The molecule has 0 spiro atoms. The molecule has 15 heavy (non-hydrogen) atoms. The fourth-order valence-corrected chi connectivity index (χ4v) is 3.11. The van der Waals surface area contributed by atoms with Gasteiger partial charge in [-0.3, -0.25) is 4.79 Å². The van der Waals surface area contributed by atoms with E-state index in [0.29, 0.717) is 11.8 Å². The molecular weight excluding hydrogens is 186 g/mol. The van der Waals surface area contributed by atoms with Crippen molar-refractivity contribution in [2.24, 2.45) is 0 Å². The summed E-state index contributed by atoms with van der Waals surface area (Å²) in [5.74, 6) is 0.473. The zero-order valence-corrected chi connectivity index (χ0v) is 9.87. The Morgan fingerprint density at radius 2 is 1.67 bits per heavy atom. The first kappa shape index (κ1) is 11.1. The van der Waals surface area contributed by atoms with Gasteiger partial charge >= 0.3 is 0 Å². The molecule has 2 rings (SSSR count). The third-order valence-electron chi connectivity index (χ3n) is 4.20. The number of rotatable bonds is 2. The molecule has 0 saturated heterocycles. The van der Waals surface area contributed by atoms with Crippen molar-refractivity contribution < 1.29 is 4.79 Å². The summed E-state index contributed by atoms with van der Waals surface area (Å²) in [6.45, 7) is 0. The van der Waals surface area contributed by atoms with Crippen LogP contribution in [-0.2, 0) is 4.79 Å². The molecule has 1 unspecified atom stereocenters. The Morgan fingerprint density at radius 3 is 2.20 bits per heavy atom. The van der Waals surface area contributed by atoms with Gasteiger partial charge in [-0.15, -0.1) is 0 Å². The summed E-state index contributed by atoms with van der Waals surface area (Å²) in [5.41, 5.74) is 0. The van der Waals surface area contributed by atoms with Crippen molar-refractivity contribution in [3.8, 4) is 0 Å². The number of nitrogens with zero attached hydrogens (tertiary/aromatic N) is 1. The van der Waals surface area contributed by atoms with Crippen LogP contribution in [-0.4, -0.2) is 29.8 Å². The molecule has 0 amide bonds. The van der Waals surface area contributed by atoms with Crippen LogP contribution < -0.4 is 0 Å². The van der Waals surface area contributed by atoms with Gasteiger partial charge in [0, 0.05) is 24.9 Å². The predicted molar refractivity (Wildman–Crippen MR) is 61.9 cm³/mol. The van der Waals surface area contributed by atoms with E-state index in [1.54, 1.807) is 0 Å². The van der Waals surface area contributed by atoms with Crippen molar-refractivity contribution in [1.29, 1.82) is 0 Å². The molecule has 0 aromatic carbocycles. The minimum atomic E-state index is 0.473. The molecular formula is C13H23NO. The lowest BCUT2D eigenvalue weighted by Gasteiger charge is -2.32. The molecule has 2 heteroatoms. The largest absolute Gasteiger partial charge is 0.300 e. The normalized spacial score (nSPS) is 29.7. The standard InChI is InChI=1S/C13H23NO/c1-14(12-8-9-13(15)10-12)11-6-4-2-3-5-7-11/h11-12H,2-10H2,1H3. The second-order valence-corrected chi connectivity index (χ2v) is 5.25. The average molecular weight is 209 g/mol. The summed E-state index contributed by atoms with van der Waals surface area (Å²) < 4.78 is 0. The van der Waals surface area contributed by atoms with E-state index in [2.05, 4.69) is 11.9 Å². The summed E-state index contributed by atoms with van der Waals surface area (Å²) in [5, 5.41) is 0. The topological polar surface area (TPSA) is 20.3 Å². The summed E-state index contributed by atoms with van der Waals surface area (Å²) in [6, 6.07) is 1.31. The van der Waals surface area contributed by atoms with Gasteiger partial charge in [0.2, 0.25) is 0 Å². The van der Waals surface area contributed by atoms with Crippen LogP contribution in [0.15, 0.2) is 0 Å². The van der Waals surface area contributed by atoms with E-state index < -0.39 is 0 Å². The van der Waals surface area contributed by atoms with E-state index in [1.165, 1.54) is 38.5 Å². The Hall–Kier alpha value is -0.370. The van der Waals surface area contributed by atoms with Crippen LogP contribution in [0.2, 0.25) is 0 Å². The fourth-order valence-electron chi connectivity index (χ4n) is 3.11. The average Bonchev–Trinajstić information content (AvgIpc) is 2.53. The van der Waals surface area contributed by atoms with Gasteiger partial charge in [0.1, 0.15) is 5.78 Å². The van der Waals surface area contributed by atoms with Gasteiger partial charge in [0.15, 0.2) is 0 Å². The molecule has 0 bridgehead atoms. The molecule has 0 aromatic heterocycles. The lowest BCUT2D eigenvalue weighted by Crippen LogP contribution is -2.38. The van der Waals surface area contributed by atoms with E-state index in [0.717, 1.165) is 25.3 Å². The summed E-state index contributed by atoms with van der Waals surface area (Å²) in [7, 11) is 2.24. The van der Waals surface area contributed by atoms with E-state index in [4.69, 9.17) is 0 Å². The lowest BCUT2D eigenvalue weighted by atomic mass is 10.0. The number of Topliss-reactive ketones (excluding diaryl/α,β-unsaturated/α-hetero) is 1. The third kappa shape index (κ3) is 2.81. The van der Waals surface area contributed by atoms with Gasteiger partial charge in [0.25, 0.3) is 0 Å². The highest BCUT2D eigenvalue weighted by Crippen LogP contribution is 2.27. The first-order valence-electron chi connectivity index (χ1n) is 6.51. The predicted octanol–water partition coefficient (Wildman–Crippen LogP) is 2.76. The van der Waals surface area contributed by atoms with Gasteiger partial charge in [-0.1, -0.05) is 25.7 Å². The highest BCUT2D eigenvalue weighted by atomic mass is 16.1. The Bertz CT molecular complexity index is 219. The quantitative estimate of drug-likeness (QED) is 0.652. The maximum atomic E-state index is 11.3. The molecule has 2 fully saturated rings. The lowest BCUT2D eigenvalue weighted by molar-refractivity contribution is -0.117. The van der Waals surface area contributed by atoms with Gasteiger partial charge in [-0.05, 0) is 26.3 Å². The Labute approximate surface area is 93.0 Å². The second-order valence-electron chi connectivity index (χ2n) is 5.25. The van der Waals surface area contributed by atoms with E-state index in [9.17, 15) is 4.79 Å². The summed E-state index contributed by atoms with van der Waals surface area (Å²) in [6.07, 6.45) is 11.0. The maximum absolute atomic E-state index is 11.3. The van der Waals surface area contributed by atoms with E-state index >= 15 is 0 Å². The molecule has 2 nitrogen and oxygen atoms in total. The SMILES string of the molecule is CN(C1CCCCCC1)C1CCC(=O)C1. The van der Waals surface area contributed by atoms with Gasteiger partial charge in [0.05, 0.1) is 0 Å². The van der Waals surface area contributed by atoms with Crippen molar-refractivity contribution in [1.82, 2.24) is 4.90 Å².